The highest BCUT2D eigenvalue weighted by Crippen LogP contribution is 2.21. The molecule has 0 aromatic heterocycles. The van der Waals surface area contributed by atoms with E-state index in [0.29, 0.717) is 6.04 Å². The van der Waals surface area contributed by atoms with Gasteiger partial charge in [0.2, 0.25) is 0 Å². The number of nitrogens with one attached hydrogen (secondary N) is 2. The average Bonchev–Trinajstić information content (AvgIpc) is 2.34. The van der Waals surface area contributed by atoms with Gasteiger partial charge < -0.3 is 15.5 Å². The van der Waals surface area contributed by atoms with E-state index >= 15 is 0 Å². The number of hydrogen-bond donors (Lipinski definition) is 2. The number of rotatable bonds is 8. The molecule has 1 aliphatic heterocycles. The molecule has 1 heterocycles. The van der Waals surface area contributed by atoms with Crippen LogP contribution in [0.2, 0.25) is 0 Å². The summed E-state index contributed by atoms with van der Waals surface area (Å²) in [5.41, 5.74) is 0. The van der Waals surface area contributed by atoms with Gasteiger partial charge in [0, 0.05) is 25.2 Å². The third-order valence-corrected chi connectivity index (χ3v) is 3.96. The molecule has 0 radical (unpaired) electrons. The minimum Gasteiger partial charge on any atom is -0.315 e. The zero-order chi connectivity index (χ0) is 13.4. The van der Waals surface area contributed by atoms with Crippen molar-refractivity contribution in [2.45, 2.75) is 59.0 Å². The minimum atomic E-state index is 0.604. The van der Waals surface area contributed by atoms with Gasteiger partial charge in [-0.15, -0.1) is 0 Å². The van der Waals surface area contributed by atoms with E-state index in [1.165, 1.54) is 38.9 Å². The van der Waals surface area contributed by atoms with Crippen molar-refractivity contribution in [2.24, 2.45) is 5.92 Å². The molecule has 0 aromatic carbocycles. The van der Waals surface area contributed by atoms with E-state index in [4.69, 9.17) is 0 Å². The van der Waals surface area contributed by atoms with Crippen LogP contribution in [0.25, 0.3) is 0 Å². The number of nitrogens with zero attached hydrogens (tertiary/aromatic N) is 1. The molecule has 0 aliphatic carbocycles. The lowest BCUT2D eigenvalue weighted by molar-refractivity contribution is 0.145. The molecular weight excluding hydrogens is 222 g/mol. The van der Waals surface area contributed by atoms with Crippen LogP contribution in [0.4, 0.5) is 0 Å². The van der Waals surface area contributed by atoms with Gasteiger partial charge in [0.15, 0.2) is 0 Å². The van der Waals surface area contributed by atoms with Gasteiger partial charge in [-0.1, -0.05) is 13.8 Å². The normalized spacial score (nSPS) is 19.0. The largest absolute Gasteiger partial charge is 0.315 e. The predicted molar refractivity (Wildman–Crippen MR) is 80.1 cm³/mol. The fourth-order valence-corrected chi connectivity index (χ4v) is 2.64. The Labute approximate surface area is 114 Å². The maximum absolute atomic E-state index is 3.55. The highest BCUT2D eigenvalue weighted by atomic mass is 15.1. The molecule has 0 saturated carbocycles. The van der Waals surface area contributed by atoms with Crippen LogP contribution in [-0.2, 0) is 0 Å². The van der Waals surface area contributed by atoms with Crippen molar-refractivity contribution >= 4 is 0 Å². The molecule has 1 aliphatic rings. The zero-order valence-electron chi connectivity index (χ0n) is 12.8. The van der Waals surface area contributed by atoms with Crippen LogP contribution < -0.4 is 10.6 Å². The van der Waals surface area contributed by atoms with Crippen LogP contribution in [0.15, 0.2) is 0 Å². The second-order valence-electron chi connectivity index (χ2n) is 6.22. The molecule has 0 spiro atoms. The third-order valence-electron chi connectivity index (χ3n) is 3.96. The molecule has 3 nitrogen and oxygen atoms in total. The van der Waals surface area contributed by atoms with Crippen molar-refractivity contribution in [1.29, 1.82) is 0 Å². The predicted octanol–water partition coefficient (Wildman–Crippen LogP) is 2.08. The number of piperidine rings is 1. The van der Waals surface area contributed by atoms with Crippen molar-refractivity contribution in [3.8, 4) is 0 Å². The lowest BCUT2D eigenvalue weighted by Crippen LogP contribution is -2.39. The summed E-state index contributed by atoms with van der Waals surface area (Å²) in [7, 11) is 0. The van der Waals surface area contributed by atoms with E-state index in [1.54, 1.807) is 0 Å². The zero-order valence-corrected chi connectivity index (χ0v) is 12.8. The summed E-state index contributed by atoms with van der Waals surface area (Å²) in [5.74, 6) is 0.950. The van der Waals surface area contributed by atoms with Crippen molar-refractivity contribution < 1.29 is 0 Å². The first-order chi connectivity index (χ1) is 8.59. The first-order valence-corrected chi connectivity index (χ1v) is 7.77. The Bertz CT molecular complexity index is 196. The molecule has 1 rings (SSSR count). The van der Waals surface area contributed by atoms with E-state index in [-0.39, 0.29) is 0 Å². The van der Waals surface area contributed by atoms with Gasteiger partial charge in [0.25, 0.3) is 0 Å². The van der Waals surface area contributed by atoms with Crippen molar-refractivity contribution in [3.05, 3.63) is 0 Å². The van der Waals surface area contributed by atoms with Gasteiger partial charge in [0.1, 0.15) is 0 Å². The van der Waals surface area contributed by atoms with Crippen LogP contribution in [0.1, 0.15) is 47.0 Å². The molecule has 0 amide bonds. The second kappa shape index (κ2) is 8.89. The van der Waals surface area contributed by atoms with Gasteiger partial charge in [-0.3, -0.25) is 0 Å². The second-order valence-corrected chi connectivity index (χ2v) is 6.22. The molecule has 0 atom stereocenters. The summed E-state index contributed by atoms with van der Waals surface area (Å²) in [4.78, 5) is 2.61. The van der Waals surface area contributed by atoms with Gasteiger partial charge in [-0.05, 0) is 58.7 Å². The maximum atomic E-state index is 3.55. The Morgan fingerprint density at radius 3 is 2.22 bits per heavy atom. The molecular formula is C15H33N3. The van der Waals surface area contributed by atoms with Crippen molar-refractivity contribution in [3.63, 3.8) is 0 Å². The summed E-state index contributed by atoms with van der Waals surface area (Å²) < 4.78 is 0. The van der Waals surface area contributed by atoms with Crippen LogP contribution in [0.5, 0.6) is 0 Å². The maximum Gasteiger partial charge on any atom is 0.00790 e. The van der Waals surface area contributed by atoms with Crippen molar-refractivity contribution in [1.82, 2.24) is 15.5 Å². The number of likely N-dealkylation sites (tertiary alicyclic amines) is 1. The Morgan fingerprint density at radius 2 is 1.67 bits per heavy atom. The summed E-state index contributed by atoms with van der Waals surface area (Å²) >= 11 is 0. The van der Waals surface area contributed by atoms with Gasteiger partial charge >= 0.3 is 0 Å². The Morgan fingerprint density at radius 1 is 1.00 bits per heavy atom. The van der Waals surface area contributed by atoms with Crippen LogP contribution in [0, 0.1) is 5.92 Å². The van der Waals surface area contributed by atoms with E-state index in [1.807, 2.05) is 0 Å². The first kappa shape index (κ1) is 15.9. The summed E-state index contributed by atoms with van der Waals surface area (Å²) in [6, 6.07) is 1.33. The molecule has 2 N–H and O–H groups in total. The van der Waals surface area contributed by atoms with E-state index in [2.05, 4.69) is 43.2 Å². The van der Waals surface area contributed by atoms with E-state index in [0.717, 1.165) is 25.0 Å². The molecule has 1 saturated heterocycles. The van der Waals surface area contributed by atoms with E-state index in [9.17, 15) is 0 Å². The summed E-state index contributed by atoms with van der Waals surface area (Å²) in [6.07, 6.45) is 4.14. The molecule has 108 valence electrons. The monoisotopic (exact) mass is 255 g/mol. The van der Waals surface area contributed by atoms with Crippen LogP contribution in [0.3, 0.4) is 0 Å². The van der Waals surface area contributed by atoms with Crippen LogP contribution >= 0.6 is 0 Å². The van der Waals surface area contributed by atoms with Crippen LogP contribution in [-0.4, -0.2) is 49.7 Å². The molecule has 0 unspecified atom stereocenters. The van der Waals surface area contributed by atoms with Crippen molar-refractivity contribution in [2.75, 3.05) is 32.7 Å². The molecule has 0 bridgehead atoms. The molecule has 0 aromatic rings. The lowest BCUT2D eigenvalue weighted by Gasteiger charge is -2.34. The Balaban J connectivity index is 1.95. The van der Waals surface area contributed by atoms with Gasteiger partial charge in [-0.25, -0.2) is 0 Å². The fourth-order valence-electron chi connectivity index (χ4n) is 2.64. The average molecular weight is 255 g/mol. The van der Waals surface area contributed by atoms with Gasteiger partial charge in [-0.2, -0.15) is 0 Å². The van der Waals surface area contributed by atoms with E-state index < -0.39 is 0 Å². The Hall–Kier alpha value is -0.120. The number of hydrogen-bond acceptors (Lipinski definition) is 3. The van der Waals surface area contributed by atoms with Gasteiger partial charge in [0.05, 0.1) is 0 Å². The Kier molecular flexibility index (Phi) is 7.87. The fraction of sp³-hybridized carbons (Fsp3) is 1.00. The molecule has 1 fully saturated rings. The molecule has 18 heavy (non-hydrogen) atoms. The highest BCUT2D eigenvalue weighted by Gasteiger charge is 2.20. The standard InChI is InChI=1S/C15H33N3/c1-13(2)17-10-9-16-8-5-15-6-11-18(12-7-15)14(3)4/h13-17H,5-12H2,1-4H3. The minimum absolute atomic E-state index is 0.604. The lowest BCUT2D eigenvalue weighted by atomic mass is 9.93. The molecule has 3 heteroatoms. The summed E-state index contributed by atoms with van der Waals surface area (Å²) in [6.45, 7) is 15.0. The highest BCUT2D eigenvalue weighted by molar-refractivity contribution is 4.75. The summed E-state index contributed by atoms with van der Waals surface area (Å²) in [5, 5.41) is 6.98. The topological polar surface area (TPSA) is 27.3 Å². The SMILES string of the molecule is CC(C)NCCNCCC1CCN(C(C)C)CC1. The quantitative estimate of drug-likeness (QED) is 0.650. The third kappa shape index (κ3) is 6.72. The smallest absolute Gasteiger partial charge is 0.00790 e. The first-order valence-electron chi connectivity index (χ1n) is 7.77.